The number of pyridine rings is 1. The van der Waals surface area contributed by atoms with E-state index in [0.717, 1.165) is 18.8 Å². The number of hydrogen-bond donors (Lipinski definition) is 1. The van der Waals surface area contributed by atoms with Gasteiger partial charge in [0.05, 0.1) is 4.92 Å². The van der Waals surface area contributed by atoms with Crippen LogP contribution in [0.5, 0.6) is 0 Å². The molecule has 5 heteroatoms. The lowest BCUT2D eigenvalue weighted by Gasteiger charge is -2.16. The highest BCUT2D eigenvalue weighted by Crippen LogP contribution is 2.35. The maximum Gasteiger partial charge on any atom is 0.311 e. The molecule has 1 N–H and O–H groups in total. The third-order valence-corrected chi connectivity index (χ3v) is 3.13. The van der Waals surface area contributed by atoms with E-state index in [0.29, 0.717) is 5.82 Å². The number of nitrogens with zero attached hydrogens (tertiary/aromatic N) is 2. The molecule has 1 aliphatic carbocycles. The molecule has 2 rings (SSSR count). The average molecular weight is 235 g/mol. The van der Waals surface area contributed by atoms with Crippen LogP contribution in [-0.4, -0.2) is 15.9 Å². The van der Waals surface area contributed by atoms with Gasteiger partial charge in [-0.25, -0.2) is 4.98 Å². The summed E-state index contributed by atoms with van der Waals surface area (Å²) in [5, 5.41) is 14.0. The van der Waals surface area contributed by atoms with Crippen molar-refractivity contribution < 1.29 is 4.92 Å². The first-order valence-corrected chi connectivity index (χ1v) is 6.06. The topological polar surface area (TPSA) is 68.1 Å². The Morgan fingerprint density at radius 3 is 3.00 bits per heavy atom. The van der Waals surface area contributed by atoms with Gasteiger partial charge in [0, 0.05) is 18.3 Å². The van der Waals surface area contributed by atoms with Crippen LogP contribution < -0.4 is 5.32 Å². The van der Waals surface area contributed by atoms with Crippen molar-refractivity contribution in [2.24, 2.45) is 5.92 Å². The molecular weight excluding hydrogens is 218 g/mol. The average Bonchev–Trinajstić information content (AvgIpc) is 3.12. The van der Waals surface area contributed by atoms with Gasteiger partial charge in [0.2, 0.25) is 5.82 Å². The zero-order chi connectivity index (χ0) is 12.3. The maximum atomic E-state index is 10.9. The van der Waals surface area contributed by atoms with E-state index in [1.807, 2.05) is 0 Å². The van der Waals surface area contributed by atoms with Gasteiger partial charge in [-0.1, -0.05) is 19.8 Å². The lowest BCUT2D eigenvalue weighted by molar-refractivity contribution is -0.384. The molecule has 0 spiro atoms. The van der Waals surface area contributed by atoms with Crippen molar-refractivity contribution in [3.8, 4) is 0 Å². The zero-order valence-electron chi connectivity index (χ0n) is 9.93. The number of hydrogen-bond acceptors (Lipinski definition) is 4. The van der Waals surface area contributed by atoms with Gasteiger partial charge in [0.15, 0.2) is 0 Å². The summed E-state index contributed by atoms with van der Waals surface area (Å²) >= 11 is 0. The van der Waals surface area contributed by atoms with Crippen LogP contribution in [0.1, 0.15) is 32.6 Å². The van der Waals surface area contributed by atoms with Crippen LogP contribution in [0.4, 0.5) is 11.5 Å². The lowest BCUT2D eigenvalue weighted by atomic mass is 10.1. The van der Waals surface area contributed by atoms with E-state index in [2.05, 4.69) is 17.2 Å². The van der Waals surface area contributed by atoms with Crippen LogP contribution in [0.15, 0.2) is 18.3 Å². The second kappa shape index (κ2) is 5.12. The Morgan fingerprint density at radius 1 is 1.65 bits per heavy atom. The monoisotopic (exact) mass is 235 g/mol. The van der Waals surface area contributed by atoms with E-state index in [9.17, 15) is 10.1 Å². The molecule has 0 aliphatic heterocycles. The van der Waals surface area contributed by atoms with Crippen molar-refractivity contribution in [2.45, 2.75) is 38.6 Å². The van der Waals surface area contributed by atoms with Crippen LogP contribution >= 0.6 is 0 Å². The van der Waals surface area contributed by atoms with Crippen molar-refractivity contribution in [2.75, 3.05) is 5.32 Å². The first-order valence-electron chi connectivity index (χ1n) is 6.06. The van der Waals surface area contributed by atoms with Crippen LogP contribution in [0, 0.1) is 16.0 Å². The van der Waals surface area contributed by atoms with Gasteiger partial charge in [-0.15, -0.1) is 0 Å². The maximum absolute atomic E-state index is 10.9. The summed E-state index contributed by atoms with van der Waals surface area (Å²) in [6.07, 6.45) is 6.22. The van der Waals surface area contributed by atoms with Gasteiger partial charge in [-0.05, 0) is 24.8 Å². The third kappa shape index (κ3) is 3.15. The van der Waals surface area contributed by atoms with Gasteiger partial charge < -0.3 is 5.32 Å². The predicted molar refractivity (Wildman–Crippen MR) is 65.9 cm³/mol. The van der Waals surface area contributed by atoms with Gasteiger partial charge >= 0.3 is 5.69 Å². The number of nitro groups is 1. The lowest BCUT2D eigenvalue weighted by Crippen LogP contribution is -2.20. The summed E-state index contributed by atoms with van der Waals surface area (Å²) in [4.78, 5) is 14.5. The summed E-state index contributed by atoms with van der Waals surface area (Å²) < 4.78 is 0. The molecule has 92 valence electrons. The number of rotatable bonds is 6. The second-order valence-corrected chi connectivity index (χ2v) is 4.56. The SMILES string of the molecule is CCC(CC1CC1)Nc1ncccc1[N+](=O)[O-]. The summed E-state index contributed by atoms with van der Waals surface area (Å²) in [5.41, 5.74) is 0.0572. The molecule has 1 aromatic heterocycles. The number of nitrogens with one attached hydrogen (secondary N) is 1. The highest BCUT2D eigenvalue weighted by atomic mass is 16.6. The largest absolute Gasteiger partial charge is 0.362 e. The molecule has 1 heterocycles. The highest BCUT2D eigenvalue weighted by Gasteiger charge is 2.26. The highest BCUT2D eigenvalue weighted by molar-refractivity contribution is 5.55. The molecule has 1 unspecified atom stereocenters. The molecular formula is C12H17N3O2. The van der Waals surface area contributed by atoms with Crippen molar-refractivity contribution >= 4 is 11.5 Å². The quantitative estimate of drug-likeness (QED) is 0.608. The molecule has 1 aromatic rings. The molecule has 0 radical (unpaired) electrons. The summed E-state index contributed by atoms with van der Waals surface area (Å²) in [6.45, 7) is 2.09. The minimum Gasteiger partial charge on any atom is -0.362 e. The fourth-order valence-corrected chi connectivity index (χ4v) is 1.93. The normalized spacial score (nSPS) is 16.5. The van der Waals surface area contributed by atoms with E-state index in [1.165, 1.54) is 18.9 Å². The Bertz CT molecular complexity index is 404. The van der Waals surface area contributed by atoms with Crippen LogP contribution in [0.2, 0.25) is 0 Å². The van der Waals surface area contributed by atoms with E-state index in [-0.39, 0.29) is 16.7 Å². The van der Waals surface area contributed by atoms with E-state index < -0.39 is 0 Å². The number of anilines is 1. The Kier molecular flexibility index (Phi) is 3.56. The van der Waals surface area contributed by atoms with Crippen molar-refractivity contribution in [1.82, 2.24) is 4.98 Å². The molecule has 1 fully saturated rings. The smallest absolute Gasteiger partial charge is 0.311 e. The molecule has 0 amide bonds. The van der Waals surface area contributed by atoms with Crippen molar-refractivity contribution in [1.29, 1.82) is 0 Å². The Balaban J connectivity index is 2.07. The summed E-state index contributed by atoms with van der Waals surface area (Å²) in [7, 11) is 0. The van der Waals surface area contributed by atoms with E-state index in [4.69, 9.17) is 0 Å². The summed E-state index contributed by atoms with van der Waals surface area (Å²) in [6, 6.07) is 3.36. The fourth-order valence-electron chi connectivity index (χ4n) is 1.93. The molecule has 1 aliphatic rings. The van der Waals surface area contributed by atoms with Crippen molar-refractivity contribution in [3.63, 3.8) is 0 Å². The van der Waals surface area contributed by atoms with Gasteiger partial charge in [-0.3, -0.25) is 10.1 Å². The van der Waals surface area contributed by atoms with E-state index in [1.54, 1.807) is 12.3 Å². The van der Waals surface area contributed by atoms with Crippen LogP contribution in [0.25, 0.3) is 0 Å². The van der Waals surface area contributed by atoms with Crippen LogP contribution in [0.3, 0.4) is 0 Å². The van der Waals surface area contributed by atoms with Crippen LogP contribution in [-0.2, 0) is 0 Å². The first kappa shape index (κ1) is 11.8. The molecule has 5 nitrogen and oxygen atoms in total. The first-order chi connectivity index (χ1) is 8.20. The zero-order valence-corrected chi connectivity index (χ0v) is 9.93. The summed E-state index contributed by atoms with van der Waals surface area (Å²) in [5.74, 6) is 1.19. The number of aromatic nitrogens is 1. The second-order valence-electron chi connectivity index (χ2n) is 4.56. The molecule has 1 saturated carbocycles. The molecule has 0 saturated heterocycles. The molecule has 1 atom stereocenters. The van der Waals surface area contributed by atoms with E-state index >= 15 is 0 Å². The Hall–Kier alpha value is -1.65. The molecule has 17 heavy (non-hydrogen) atoms. The standard InChI is InChI=1S/C12H17N3O2/c1-2-10(8-9-5-6-9)14-12-11(15(16)17)4-3-7-13-12/h3-4,7,9-10H,2,5-6,8H2,1H3,(H,13,14). The van der Waals surface area contributed by atoms with Gasteiger partial charge in [0.25, 0.3) is 0 Å². The predicted octanol–water partition coefficient (Wildman–Crippen LogP) is 2.98. The minimum atomic E-state index is -0.390. The minimum absolute atomic E-state index is 0.0572. The van der Waals surface area contributed by atoms with Gasteiger partial charge in [0.1, 0.15) is 0 Å². The van der Waals surface area contributed by atoms with Gasteiger partial charge in [-0.2, -0.15) is 0 Å². The molecule has 0 bridgehead atoms. The third-order valence-electron chi connectivity index (χ3n) is 3.13. The fraction of sp³-hybridized carbons (Fsp3) is 0.583. The Morgan fingerprint density at radius 2 is 2.41 bits per heavy atom. The Labute approximate surface area is 100 Å². The van der Waals surface area contributed by atoms with Crippen molar-refractivity contribution in [3.05, 3.63) is 28.4 Å². The molecule has 0 aromatic carbocycles.